The number of methoxy groups -OCH3 is 1. The molecular formula is C27H34N2O4. The fraction of sp³-hybridized carbons (Fsp3) is 0.407. The molecule has 0 aliphatic carbocycles. The van der Waals surface area contributed by atoms with E-state index in [2.05, 4.69) is 12.2 Å². The maximum atomic E-state index is 12.6. The van der Waals surface area contributed by atoms with Gasteiger partial charge in [0.2, 0.25) is 0 Å². The number of benzene rings is 2. The Labute approximate surface area is 197 Å². The van der Waals surface area contributed by atoms with E-state index in [1.54, 1.807) is 43.5 Å². The van der Waals surface area contributed by atoms with Crippen molar-refractivity contribution in [2.24, 2.45) is 0 Å². The van der Waals surface area contributed by atoms with Gasteiger partial charge >= 0.3 is 0 Å². The highest BCUT2D eigenvalue weighted by Crippen LogP contribution is 2.30. The SMILES string of the molecule is CCCCCCCCOc1ccc(/C=C(/C#N)C(=O)Nc2ccc(OC)cc2)cc1OCC. The van der Waals surface area contributed by atoms with Gasteiger partial charge in [0.1, 0.15) is 17.4 Å². The summed E-state index contributed by atoms with van der Waals surface area (Å²) in [6, 6.07) is 14.3. The van der Waals surface area contributed by atoms with Gasteiger partial charge < -0.3 is 19.5 Å². The lowest BCUT2D eigenvalue weighted by atomic mass is 10.1. The van der Waals surface area contributed by atoms with Gasteiger partial charge in [0, 0.05) is 5.69 Å². The van der Waals surface area contributed by atoms with Gasteiger partial charge in [-0.15, -0.1) is 0 Å². The van der Waals surface area contributed by atoms with E-state index < -0.39 is 5.91 Å². The fourth-order valence-corrected chi connectivity index (χ4v) is 3.25. The molecule has 0 saturated heterocycles. The fourth-order valence-electron chi connectivity index (χ4n) is 3.25. The second-order valence-electron chi connectivity index (χ2n) is 7.61. The van der Waals surface area contributed by atoms with Crippen LogP contribution >= 0.6 is 0 Å². The van der Waals surface area contributed by atoms with Crippen molar-refractivity contribution in [2.45, 2.75) is 52.4 Å². The minimum atomic E-state index is -0.482. The second-order valence-corrected chi connectivity index (χ2v) is 7.61. The average Bonchev–Trinajstić information content (AvgIpc) is 2.83. The van der Waals surface area contributed by atoms with Gasteiger partial charge in [-0.1, -0.05) is 45.1 Å². The molecule has 0 saturated carbocycles. The summed E-state index contributed by atoms with van der Waals surface area (Å²) in [5.41, 5.74) is 1.26. The molecule has 0 atom stereocenters. The maximum absolute atomic E-state index is 12.6. The summed E-state index contributed by atoms with van der Waals surface area (Å²) in [6.45, 7) is 5.24. The van der Waals surface area contributed by atoms with Crippen molar-refractivity contribution in [1.82, 2.24) is 0 Å². The molecule has 33 heavy (non-hydrogen) atoms. The Balaban J connectivity index is 2.03. The van der Waals surface area contributed by atoms with E-state index in [1.165, 1.54) is 25.7 Å². The molecule has 2 rings (SSSR count). The summed E-state index contributed by atoms with van der Waals surface area (Å²) in [5, 5.41) is 12.2. The first-order valence-corrected chi connectivity index (χ1v) is 11.6. The van der Waals surface area contributed by atoms with Crippen molar-refractivity contribution in [3.63, 3.8) is 0 Å². The van der Waals surface area contributed by atoms with Gasteiger partial charge in [-0.05, 0) is 61.4 Å². The number of rotatable bonds is 14. The van der Waals surface area contributed by atoms with Gasteiger partial charge in [0.25, 0.3) is 5.91 Å². The zero-order chi connectivity index (χ0) is 23.9. The van der Waals surface area contributed by atoms with Crippen LogP contribution in [-0.2, 0) is 4.79 Å². The van der Waals surface area contributed by atoms with Crippen molar-refractivity contribution in [1.29, 1.82) is 5.26 Å². The van der Waals surface area contributed by atoms with E-state index in [0.717, 1.165) is 12.8 Å². The van der Waals surface area contributed by atoms with Crippen molar-refractivity contribution < 1.29 is 19.0 Å². The molecule has 1 N–H and O–H groups in total. The number of hydrogen-bond donors (Lipinski definition) is 1. The molecule has 0 fully saturated rings. The van der Waals surface area contributed by atoms with Crippen LogP contribution in [0.1, 0.15) is 57.9 Å². The lowest BCUT2D eigenvalue weighted by Gasteiger charge is -2.13. The van der Waals surface area contributed by atoms with Crippen molar-refractivity contribution >= 4 is 17.7 Å². The van der Waals surface area contributed by atoms with Crippen LogP contribution in [0.25, 0.3) is 6.08 Å². The summed E-state index contributed by atoms with van der Waals surface area (Å²) < 4.78 is 16.8. The lowest BCUT2D eigenvalue weighted by Crippen LogP contribution is -2.13. The largest absolute Gasteiger partial charge is 0.497 e. The maximum Gasteiger partial charge on any atom is 0.266 e. The van der Waals surface area contributed by atoms with Crippen molar-refractivity contribution in [2.75, 3.05) is 25.6 Å². The first-order valence-electron chi connectivity index (χ1n) is 11.6. The Morgan fingerprint density at radius 2 is 1.70 bits per heavy atom. The highest BCUT2D eigenvalue weighted by atomic mass is 16.5. The summed E-state index contributed by atoms with van der Waals surface area (Å²) in [7, 11) is 1.57. The van der Waals surface area contributed by atoms with Crippen molar-refractivity contribution in [3.8, 4) is 23.3 Å². The molecule has 6 heteroatoms. The number of unbranched alkanes of at least 4 members (excludes halogenated alkanes) is 5. The summed E-state index contributed by atoms with van der Waals surface area (Å²) in [4.78, 5) is 12.6. The normalized spacial score (nSPS) is 10.9. The number of nitrogens with one attached hydrogen (secondary N) is 1. The van der Waals surface area contributed by atoms with Crippen LogP contribution in [0.5, 0.6) is 17.2 Å². The molecule has 0 radical (unpaired) electrons. The molecule has 2 aromatic carbocycles. The van der Waals surface area contributed by atoms with E-state index in [9.17, 15) is 10.1 Å². The standard InChI is InChI=1S/C27H34N2O4/c1-4-6-7-8-9-10-17-33-25-16-11-21(19-26(25)32-5-2)18-22(20-28)27(30)29-23-12-14-24(31-3)15-13-23/h11-16,18-19H,4-10,17H2,1-3H3,(H,29,30)/b22-18-. The monoisotopic (exact) mass is 450 g/mol. The number of amides is 1. The molecule has 2 aromatic rings. The Morgan fingerprint density at radius 3 is 2.36 bits per heavy atom. The molecule has 1 amide bonds. The second kappa shape index (κ2) is 14.6. The Hall–Kier alpha value is -3.46. The number of anilines is 1. The van der Waals surface area contributed by atoms with Crippen LogP contribution in [0.2, 0.25) is 0 Å². The zero-order valence-corrected chi connectivity index (χ0v) is 19.9. The number of nitrogens with zero attached hydrogens (tertiary/aromatic N) is 1. The molecule has 0 unspecified atom stereocenters. The number of ether oxygens (including phenoxy) is 3. The third-order valence-electron chi connectivity index (χ3n) is 5.05. The molecule has 0 bridgehead atoms. The topological polar surface area (TPSA) is 80.6 Å². The van der Waals surface area contributed by atoms with E-state index in [4.69, 9.17) is 14.2 Å². The molecule has 0 heterocycles. The van der Waals surface area contributed by atoms with Crippen molar-refractivity contribution in [3.05, 3.63) is 53.6 Å². The van der Waals surface area contributed by atoms with Gasteiger partial charge in [-0.3, -0.25) is 4.79 Å². The van der Waals surface area contributed by atoms with Gasteiger partial charge in [0.15, 0.2) is 11.5 Å². The number of nitriles is 1. The van der Waals surface area contributed by atoms with Gasteiger partial charge in [-0.25, -0.2) is 0 Å². The number of carbonyl (C=O) groups excluding carboxylic acids is 1. The van der Waals surface area contributed by atoms with E-state index in [-0.39, 0.29) is 5.57 Å². The van der Waals surface area contributed by atoms with Crippen LogP contribution in [0.4, 0.5) is 5.69 Å². The van der Waals surface area contributed by atoms with E-state index in [0.29, 0.717) is 41.7 Å². The summed E-state index contributed by atoms with van der Waals surface area (Å²) in [5.74, 6) is 1.48. The van der Waals surface area contributed by atoms with Crippen LogP contribution in [0.3, 0.4) is 0 Å². The first kappa shape index (κ1) is 25.8. The Bertz CT molecular complexity index is 946. The van der Waals surface area contributed by atoms with Crippen LogP contribution in [0, 0.1) is 11.3 Å². The minimum absolute atomic E-state index is 0.00554. The smallest absolute Gasteiger partial charge is 0.266 e. The van der Waals surface area contributed by atoms with Crippen LogP contribution in [-0.4, -0.2) is 26.2 Å². The molecule has 0 aromatic heterocycles. The molecule has 6 nitrogen and oxygen atoms in total. The minimum Gasteiger partial charge on any atom is -0.497 e. The van der Waals surface area contributed by atoms with Gasteiger partial charge in [-0.2, -0.15) is 5.26 Å². The molecule has 176 valence electrons. The highest BCUT2D eigenvalue weighted by Gasteiger charge is 2.12. The molecule has 0 aliphatic heterocycles. The Kier molecular flexibility index (Phi) is 11.4. The number of hydrogen-bond acceptors (Lipinski definition) is 5. The predicted molar refractivity (Wildman–Crippen MR) is 132 cm³/mol. The van der Waals surface area contributed by atoms with Crippen LogP contribution < -0.4 is 19.5 Å². The average molecular weight is 451 g/mol. The van der Waals surface area contributed by atoms with Crippen LogP contribution in [0.15, 0.2) is 48.0 Å². The third-order valence-corrected chi connectivity index (χ3v) is 5.05. The van der Waals surface area contributed by atoms with Gasteiger partial charge in [0.05, 0.1) is 20.3 Å². The number of carbonyl (C=O) groups is 1. The summed E-state index contributed by atoms with van der Waals surface area (Å²) in [6.07, 6.45) is 8.72. The first-order chi connectivity index (χ1) is 16.1. The zero-order valence-electron chi connectivity index (χ0n) is 19.9. The van der Waals surface area contributed by atoms with E-state index >= 15 is 0 Å². The lowest BCUT2D eigenvalue weighted by molar-refractivity contribution is -0.112. The molecular weight excluding hydrogens is 416 g/mol. The summed E-state index contributed by atoms with van der Waals surface area (Å²) >= 11 is 0. The molecule has 0 spiro atoms. The third kappa shape index (κ3) is 8.89. The van der Waals surface area contributed by atoms with E-state index in [1.807, 2.05) is 25.1 Å². The highest BCUT2D eigenvalue weighted by molar-refractivity contribution is 6.09. The molecule has 0 aliphatic rings. The predicted octanol–water partition coefficient (Wildman–Crippen LogP) is 6.38. The Morgan fingerprint density at radius 1 is 0.970 bits per heavy atom. The quantitative estimate of drug-likeness (QED) is 0.205.